The lowest BCUT2D eigenvalue weighted by molar-refractivity contribution is 0.102. The number of halogens is 1. The molecular weight excluding hydrogens is 314 g/mol. The Morgan fingerprint density at radius 1 is 1.10 bits per heavy atom. The van der Waals surface area contributed by atoms with E-state index in [1.165, 1.54) is 12.3 Å². The number of nitrogens with zero attached hydrogens (tertiary/aromatic N) is 1. The summed E-state index contributed by atoms with van der Waals surface area (Å²) < 4.78 is 24.5. The Morgan fingerprint density at radius 3 is 2.24 bits per heavy atom. The van der Waals surface area contributed by atoms with Crippen LogP contribution in [-0.2, 0) is 10.0 Å². The number of anilines is 2. The van der Waals surface area contributed by atoms with Gasteiger partial charge in [0.2, 0.25) is 10.0 Å². The van der Waals surface area contributed by atoms with Crippen LogP contribution in [0.25, 0.3) is 0 Å². The molecule has 0 saturated carbocycles. The molecule has 1 heterocycles. The van der Waals surface area contributed by atoms with Crippen molar-refractivity contribution < 1.29 is 13.2 Å². The van der Waals surface area contributed by atoms with Gasteiger partial charge in [0.05, 0.1) is 11.8 Å². The SMILES string of the molecule is CS(=O)(=O)Nc1ccc(NC(=O)c2ccc(Cl)nc2)cc1. The van der Waals surface area contributed by atoms with Crippen molar-refractivity contribution in [3.8, 4) is 0 Å². The fraction of sp³-hybridized carbons (Fsp3) is 0.0769. The van der Waals surface area contributed by atoms with Crippen molar-refractivity contribution >= 4 is 38.9 Å². The minimum Gasteiger partial charge on any atom is -0.322 e. The van der Waals surface area contributed by atoms with Crippen molar-refractivity contribution in [3.63, 3.8) is 0 Å². The zero-order chi connectivity index (χ0) is 15.5. The first-order valence-corrected chi connectivity index (χ1v) is 8.11. The van der Waals surface area contributed by atoms with Gasteiger partial charge in [-0.1, -0.05) is 11.6 Å². The summed E-state index contributed by atoms with van der Waals surface area (Å²) in [7, 11) is -3.32. The van der Waals surface area contributed by atoms with Crippen LogP contribution in [0.15, 0.2) is 42.6 Å². The van der Waals surface area contributed by atoms with Crippen LogP contribution < -0.4 is 10.0 Å². The first kappa shape index (κ1) is 15.3. The molecule has 0 atom stereocenters. The number of aromatic nitrogens is 1. The number of pyridine rings is 1. The lowest BCUT2D eigenvalue weighted by Gasteiger charge is -2.07. The van der Waals surface area contributed by atoms with E-state index in [1.54, 1.807) is 30.3 Å². The molecule has 110 valence electrons. The minimum absolute atomic E-state index is 0.308. The number of carbonyl (C=O) groups is 1. The number of hydrogen-bond acceptors (Lipinski definition) is 4. The van der Waals surface area contributed by atoms with Crippen LogP contribution in [0.1, 0.15) is 10.4 Å². The molecule has 1 aromatic carbocycles. The lowest BCUT2D eigenvalue weighted by Crippen LogP contribution is -2.12. The summed E-state index contributed by atoms with van der Waals surface area (Å²) >= 11 is 5.65. The lowest BCUT2D eigenvalue weighted by atomic mass is 10.2. The zero-order valence-corrected chi connectivity index (χ0v) is 12.6. The van der Waals surface area contributed by atoms with Gasteiger partial charge < -0.3 is 5.32 Å². The number of amides is 1. The van der Waals surface area contributed by atoms with Gasteiger partial charge in [-0.05, 0) is 36.4 Å². The van der Waals surface area contributed by atoms with Crippen molar-refractivity contribution in [1.82, 2.24) is 4.98 Å². The Labute approximate surface area is 127 Å². The van der Waals surface area contributed by atoms with Crippen LogP contribution in [0, 0.1) is 0 Å². The molecule has 0 saturated heterocycles. The molecule has 2 rings (SSSR count). The van der Waals surface area contributed by atoms with E-state index in [-0.39, 0.29) is 5.91 Å². The Morgan fingerprint density at radius 2 is 1.71 bits per heavy atom. The van der Waals surface area contributed by atoms with Crippen LogP contribution in [0.3, 0.4) is 0 Å². The third-order valence-corrected chi connectivity index (χ3v) is 3.27. The summed E-state index contributed by atoms with van der Waals surface area (Å²) in [6, 6.07) is 9.37. The van der Waals surface area contributed by atoms with Crippen molar-refractivity contribution in [2.45, 2.75) is 0 Å². The van der Waals surface area contributed by atoms with Crippen LogP contribution in [0.4, 0.5) is 11.4 Å². The first-order valence-electron chi connectivity index (χ1n) is 5.84. The minimum atomic E-state index is -3.32. The predicted octanol–water partition coefficient (Wildman–Crippen LogP) is 2.36. The molecule has 0 aliphatic heterocycles. The van der Waals surface area contributed by atoms with Gasteiger partial charge in [-0.25, -0.2) is 13.4 Å². The van der Waals surface area contributed by atoms with E-state index in [0.29, 0.717) is 22.1 Å². The second kappa shape index (κ2) is 6.11. The summed E-state index contributed by atoms with van der Waals surface area (Å²) in [5, 5.41) is 2.98. The number of carbonyl (C=O) groups excluding carboxylic acids is 1. The average molecular weight is 326 g/mol. The molecule has 0 aliphatic rings. The van der Waals surface area contributed by atoms with Gasteiger partial charge in [-0.15, -0.1) is 0 Å². The van der Waals surface area contributed by atoms with Crippen LogP contribution in [-0.4, -0.2) is 25.6 Å². The van der Waals surface area contributed by atoms with E-state index in [9.17, 15) is 13.2 Å². The van der Waals surface area contributed by atoms with E-state index in [0.717, 1.165) is 6.26 Å². The smallest absolute Gasteiger partial charge is 0.257 e. The number of hydrogen-bond donors (Lipinski definition) is 2. The molecule has 2 N–H and O–H groups in total. The molecule has 2 aromatic rings. The van der Waals surface area contributed by atoms with Gasteiger partial charge in [-0.2, -0.15) is 0 Å². The van der Waals surface area contributed by atoms with Crippen molar-refractivity contribution in [2.24, 2.45) is 0 Å². The van der Waals surface area contributed by atoms with Gasteiger partial charge in [-0.3, -0.25) is 9.52 Å². The quantitative estimate of drug-likeness (QED) is 0.845. The highest BCUT2D eigenvalue weighted by atomic mass is 35.5. The third kappa shape index (κ3) is 4.73. The molecule has 0 bridgehead atoms. The largest absolute Gasteiger partial charge is 0.322 e. The van der Waals surface area contributed by atoms with E-state index in [2.05, 4.69) is 15.0 Å². The van der Waals surface area contributed by atoms with Crippen molar-refractivity contribution in [2.75, 3.05) is 16.3 Å². The van der Waals surface area contributed by atoms with Crippen molar-refractivity contribution in [3.05, 3.63) is 53.3 Å². The number of rotatable bonds is 4. The summed E-state index contributed by atoms with van der Waals surface area (Å²) in [5.74, 6) is -0.331. The van der Waals surface area contributed by atoms with Gasteiger partial charge in [0.1, 0.15) is 5.15 Å². The Bertz CT molecular complexity index is 743. The molecule has 6 nitrogen and oxygen atoms in total. The Balaban J connectivity index is 2.06. The van der Waals surface area contributed by atoms with E-state index < -0.39 is 10.0 Å². The van der Waals surface area contributed by atoms with Gasteiger partial charge in [0.15, 0.2) is 0 Å². The topological polar surface area (TPSA) is 88.2 Å². The standard InChI is InChI=1S/C13H12ClN3O3S/c1-21(19,20)17-11-5-3-10(4-6-11)16-13(18)9-2-7-12(14)15-8-9/h2-8,17H,1H3,(H,16,18). The molecule has 0 fully saturated rings. The van der Waals surface area contributed by atoms with Crippen LogP contribution in [0.5, 0.6) is 0 Å². The normalized spacial score (nSPS) is 11.0. The second-order valence-electron chi connectivity index (χ2n) is 4.28. The molecule has 0 aliphatic carbocycles. The van der Waals surface area contributed by atoms with Gasteiger partial charge in [0.25, 0.3) is 5.91 Å². The van der Waals surface area contributed by atoms with Crippen LogP contribution in [0.2, 0.25) is 5.15 Å². The monoisotopic (exact) mass is 325 g/mol. The first-order chi connectivity index (χ1) is 9.83. The molecule has 0 unspecified atom stereocenters. The van der Waals surface area contributed by atoms with Crippen molar-refractivity contribution in [1.29, 1.82) is 0 Å². The highest BCUT2D eigenvalue weighted by molar-refractivity contribution is 7.92. The fourth-order valence-electron chi connectivity index (χ4n) is 1.55. The zero-order valence-electron chi connectivity index (χ0n) is 11.0. The molecule has 1 aromatic heterocycles. The Hall–Kier alpha value is -2.12. The summed E-state index contributed by atoms with van der Waals surface area (Å²) in [4.78, 5) is 15.8. The summed E-state index contributed by atoms with van der Waals surface area (Å²) in [6.45, 7) is 0. The highest BCUT2D eigenvalue weighted by Crippen LogP contribution is 2.15. The third-order valence-electron chi connectivity index (χ3n) is 2.44. The molecule has 0 radical (unpaired) electrons. The molecular formula is C13H12ClN3O3S. The summed E-state index contributed by atoms with van der Waals surface area (Å²) in [5.41, 5.74) is 1.33. The number of benzene rings is 1. The summed E-state index contributed by atoms with van der Waals surface area (Å²) in [6.07, 6.45) is 2.44. The van der Waals surface area contributed by atoms with Gasteiger partial charge >= 0.3 is 0 Å². The second-order valence-corrected chi connectivity index (χ2v) is 6.41. The van der Waals surface area contributed by atoms with E-state index >= 15 is 0 Å². The Kier molecular flexibility index (Phi) is 4.44. The maximum Gasteiger partial charge on any atom is 0.257 e. The van der Waals surface area contributed by atoms with E-state index in [4.69, 9.17) is 11.6 Å². The maximum absolute atomic E-state index is 11.9. The average Bonchev–Trinajstić information content (AvgIpc) is 2.40. The predicted molar refractivity (Wildman–Crippen MR) is 82.1 cm³/mol. The molecule has 21 heavy (non-hydrogen) atoms. The highest BCUT2D eigenvalue weighted by Gasteiger charge is 2.07. The van der Waals surface area contributed by atoms with Gasteiger partial charge in [0, 0.05) is 17.6 Å². The molecule has 0 spiro atoms. The van der Waals surface area contributed by atoms with Crippen LogP contribution >= 0.6 is 11.6 Å². The fourth-order valence-corrected chi connectivity index (χ4v) is 2.23. The van der Waals surface area contributed by atoms with E-state index in [1.807, 2.05) is 0 Å². The molecule has 8 heteroatoms. The maximum atomic E-state index is 11.9. The number of sulfonamides is 1. The number of nitrogens with one attached hydrogen (secondary N) is 2. The molecule has 1 amide bonds.